The average molecular weight is 368 g/mol. The summed E-state index contributed by atoms with van der Waals surface area (Å²) in [6, 6.07) is 15.4. The second-order valence-corrected chi connectivity index (χ2v) is 7.01. The minimum atomic E-state index is -3.97. The molecule has 0 atom stereocenters. The first-order chi connectivity index (χ1) is 12.5. The summed E-state index contributed by atoms with van der Waals surface area (Å²) in [5.41, 5.74) is 0.326. The summed E-state index contributed by atoms with van der Waals surface area (Å²) in [6.45, 7) is 0. The maximum Gasteiger partial charge on any atom is 0.339 e. The minimum absolute atomic E-state index is 0.0379. The van der Waals surface area contributed by atoms with E-state index in [0.29, 0.717) is 11.3 Å². The van der Waals surface area contributed by atoms with Crippen LogP contribution in [0.15, 0.2) is 82.0 Å². The standard InChI is InChI=1S/C19H12O6S/c20-19-16-9-8-14(25-26(21,22)15-6-2-1-3-7-15)12-17(16)24-18(19)11-13-5-4-10-23-13/h1-12H. The molecule has 1 aromatic heterocycles. The molecule has 0 spiro atoms. The van der Waals surface area contributed by atoms with E-state index >= 15 is 0 Å². The van der Waals surface area contributed by atoms with Crippen molar-refractivity contribution in [3.05, 3.63) is 84.0 Å². The van der Waals surface area contributed by atoms with E-state index in [-0.39, 0.29) is 27.9 Å². The number of fused-ring (bicyclic) bond motifs is 1. The highest BCUT2D eigenvalue weighted by Gasteiger charge is 2.29. The quantitative estimate of drug-likeness (QED) is 0.516. The molecule has 1 aliphatic rings. The Morgan fingerprint density at radius 2 is 1.77 bits per heavy atom. The molecule has 0 bridgehead atoms. The molecule has 2 aromatic carbocycles. The molecule has 26 heavy (non-hydrogen) atoms. The first-order valence-electron chi connectivity index (χ1n) is 7.64. The maximum absolute atomic E-state index is 12.3. The predicted octanol–water partition coefficient (Wildman–Crippen LogP) is 3.66. The van der Waals surface area contributed by atoms with Crippen LogP contribution < -0.4 is 8.92 Å². The maximum atomic E-state index is 12.3. The number of carbonyl (C=O) groups excluding carboxylic acids is 1. The van der Waals surface area contributed by atoms with Crippen molar-refractivity contribution < 1.29 is 26.5 Å². The summed E-state index contributed by atoms with van der Waals surface area (Å²) in [7, 11) is -3.97. The number of furan rings is 1. The van der Waals surface area contributed by atoms with Crippen molar-refractivity contribution in [1.82, 2.24) is 0 Å². The zero-order valence-corrected chi connectivity index (χ0v) is 14.1. The van der Waals surface area contributed by atoms with E-state index in [4.69, 9.17) is 13.3 Å². The van der Waals surface area contributed by atoms with Crippen molar-refractivity contribution >= 4 is 22.0 Å². The SMILES string of the molecule is O=C1C(=Cc2ccco2)Oc2cc(OS(=O)(=O)c3ccccc3)ccc21. The molecule has 0 saturated heterocycles. The molecule has 0 aliphatic carbocycles. The normalized spacial score (nSPS) is 14.9. The van der Waals surface area contributed by atoms with Crippen molar-refractivity contribution in [3.63, 3.8) is 0 Å². The lowest BCUT2D eigenvalue weighted by Gasteiger charge is -2.07. The van der Waals surface area contributed by atoms with Gasteiger partial charge in [-0.3, -0.25) is 4.79 Å². The first-order valence-corrected chi connectivity index (χ1v) is 9.05. The molecule has 7 heteroatoms. The lowest BCUT2D eigenvalue weighted by Crippen LogP contribution is -2.09. The summed E-state index contributed by atoms with van der Waals surface area (Å²) in [5, 5.41) is 0. The van der Waals surface area contributed by atoms with Gasteiger partial charge >= 0.3 is 10.1 Å². The van der Waals surface area contributed by atoms with Crippen molar-refractivity contribution in [2.45, 2.75) is 4.90 Å². The Kier molecular flexibility index (Phi) is 3.85. The van der Waals surface area contributed by atoms with Gasteiger partial charge < -0.3 is 13.3 Å². The third-order valence-electron chi connectivity index (χ3n) is 3.70. The highest BCUT2D eigenvalue weighted by atomic mass is 32.2. The van der Waals surface area contributed by atoms with Crippen LogP contribution in [0.25, 0.3) is 6.08 Å². The van der Waals surface area contributed by atoms with E-state index in [2.05, 4.69) is 0 Å². The monoisotopic (exact) mass is 368 g/mol. The average Bonchev–Trinajstić information content (AvgIpc) is 3.24. The van der Waals surface area contributed by atoms with Crippen molar-refractivity contribution in [2.24, 2.45) is 0 Å². The lowest BCUT2D eigenvalue weighted by atomic mass is 10.1. The van der Waals surface area contributed by atoms with E-state index in [1.807, 2.05) is 0 Å². The number of benzene rings is 2. The Labute approximate surface area is 149 Å². The molecule has 0 amide bonds. The largest absolute Gasteiger partial charge is 0.465 e. The molecule has 0 saturated carbocycles. The van der Waals surface area contributed by atoms with Crippen LogP contribution in [0.1, 0.15) is 16.1 Å². The summed E-state index contributed by atoms with van der Waals surface area (Å²) in [5.74, 6) is 0.546. The van der Waals surface area contributed by atoms with Crippen molar-refractivity contribution in [1.29, 1.82) is 0 Å². The fourth-order valence-electron chi connectivity index (χ4n) is 2.48. The Hall–Kier alpha value is -3.32. The van der Waals surface area contributed by atoms with Gasteiger partial charge in [-0.15, -0.1) is 0 Å². The Morgan fingerprint density at radius 3 is 2.50 bits per heavy atom. The molecule has 0 unspecified atom stereocenters. The predicted molar refractivity (Wildman–Crippen MR) is 92.3 cm³/mol. The molecule has 3 aromatic rings. The number of ether oxygens (including phenoxy) is 1. The van der Waals surface area contributed by atoms with Crippen LogP contribution in [0.5, 0.6) is 11.5 Å². The van der Waals surface area contributed by atoms with Gasteiger partial charge in [0, 0.05) is 12.1 Å². The summed E-state index contributed by atoms with van der Waals surface area (Å²) < 4.78 is 40.4. The van der Waals surface area contributed by atoms with Gasteiger partial charge in [-0.05, 0) is 36.4 Å². The van der Waals surface area contributed by atoms with Crippen LogP contribution in [0, 0.1) is 0 Å². The third kappa shape index (κ3) is 3.00. The first kappa shape index (κ1) is 16.2. The summed E-state index contributed by atoms with van der Waals surface area (Å²) in [4.78, 5) is 12.4. The molecule has 2 heterocycles. The number of Topliss-reactive ketones (excluding diaryl/α,β-unsaturated/α-hetero) is 1. The fraction of sp³-hybridized carbons (Fsp3) is 0. The zero-order chi connectivity index (χ0) is 18.1. The Bertz CT molecular complexity index is 1100. The van der Waals surface area contributed by atoms with E-state index in [1.165, 1.54) is 42.7 Å². The molecule has 0 fully saturated rings. The number of carbonyl (C=O) groups is 1. The molecule has 4 rings (SSSR count). The van der Waals surface area contributed by atoms with Crippen molar-refractivity contribution in [2.75, 3.05) is 0 Å². The van der Waals surface area contributed by atoms with Crippen LogP contribution in [-0.2, 0) is 10.1 Å². The molecular weight excluding hydrogens is 356 g/mol. The Balaban J connectivity index is 1.61. The number of hydrogen-bond donors (Lipinski definition) is 0. The van der Waals surface area contributed by atoms with Crippen LogP contribution in [0.2, 0.25) is 0 Å². The molecule has 0 N–H and O–H groups in total. The lowest BCUT2D eigenvalue weighted by molar-refractivity contribution is 0.101. The van der Waals surface area contributed by atoms with Gasteiger partial charge in [0.2, 0.25) is 5.78 Å². The zero-order valence-electron chi connectivity index (χ0n) is 13.3. The molecule has 6 nitrogen and oxygen atoms in total. The highest BCUT2D eigenvalue weighted by Crippen LogP contribution is 2.35. The number of hydrogen-bond acceptors (Lipinski definition) is 6. The number of allylic oxidation sites excluding steroid dienone is 1. The second-order valence-electron chi connectivity index (χ2n) is 5.46. The molecule has 130 valence electrons. The highest BCUT2D eigenvalue weighted by molar-refractivity contribution is 7.87. The van der Waals surface area contributed by atoms with Crippen LogP contribution >= 0.6 is 0 Å². The third-order valence-corrected chi connectivity index (χ3v) is 4.96. The van der Waals surface area contributed by atoms with Gasteiger partial charge in [0.1, 0.15) is 22.2 Å². The van der Waals surface area contributed by atoms with Crippen LogP contribution in [0.4, 0.5) is 0 Å². The van der Waals surface area contributed by atoms with E-state index in [1.54, 1.807) is 30.3 Å². The van der Waals surface area contributed by atoms with Crippen LogP contribution in [-0.4, -0.2) is 14.2 Å². The minimum Gasteiger partial charge on any atom is -0.465 e. The number of ketones is 1. The van der Waals surface area contributed by atoms with E-state index < -0.39 is 10.1 Å². The molecule has 1 aliphatic heterocycles. The smallest absolute Gasteiger partial charge is 0.339 e. The van der Waals surface area contributed by atoms with Crippen LogP contribution in [0.3, 0.4) is 0 Å². The number of rotatable bonds is 4. The molecular formula is C19H12O6S. The van der Waals surface area contributed by atoms with Gasteiger partial charge in [-0.1, -0.05) is 18.2 Å². The molecule has 0 radical (unpaired) electrons. The second kappa shape index (κ2) is 6.20. The summed E-state index contributed by atoms with van der Waals surface area (Å²) >= 11 is 0. The van der Waals surface area contributed by atoms with E-state index in [9.17, 15) is 13.2 Å². The topological polar surface area (TPSA) is 82.8 Å². The van der Waals surface area contributed by atoms with Gasteiger partial charge in [-0.2, -0.15) is 8.42 Å². The van der Waals surface area contributed by atoms with E-state index in [0.717, 1.165) is 0 Å². The van der Waals surface area contributed by atoms with Gasteiger partial charge in [-0.25, -0.2) is 0 Å². The summed E-state index contributed by atoms with van der Waals surface area (Å²) in [6.07, 6.45) is 2.96. The fourth-order valence-corrected chi connectivity index (χ4v) is 3.43. The Morgan fingerprint density at radius 1 is 0.962 bits per heavy atom. The van der Waals surface area contributed by atoms with Crippen molar-refractivity contribution in [3.8, 4) is 11.5 Å². The van der Waals surface area contributed by atoms with Gasteiger partial charge in [0.15, 0.2) is 5.76 Å². The van der Waals surface area contributed by atoms with Gasteiger partial charge in [0.05, 0.1) is 11.8 Å². The van der Waals surface area contributed by atoms with Gasteiger partial charge in [0.25, 0.3) is 0 Å².